The SMILES string of the molecule is C[C@@H]1C[C@H]2OC3(C[C@@]4(C)[C@@H]5C(O)C(O)[C@H]6C(C)(C)[C@@H](O[C@@H]7OC[C@@H](O)[C@H](O)[C@H]7O)CC[C@@]67C[C@@]57CC[C@]4(C)[C@@H]13)O[C@@H]2C(C)(C)O. The van der Waals surface area contributed by atoms with Gasteiger partial charge >= 0.3 is 0 Å². The van der Waals surface area contributed by atoms with Gasteiger partial charge in [0, 0.05) is 18.3 Å². The maximum atomic E-state index is 12.4. The minimum Gasteiger partial charge on any atom is -0.390 e. The summed E-state index contributed by atoms with van der Waals surface area (Å²) in [7, 11) is 0. The Morgan fingerprint density at radius 3 is 2.11 bits per heavy atom. The fourth-order valence-electron chi connectivity index (χ4n) is 14.1. The highest BCUT2D eigenvalue weighted by molar-refractivity contribution is 5.35. The van der Waals surface area contributed by atoms with E-state index in [0.717, 1.165) is 32.1 Å². The van der Waals surface area contributed by atoms with Gasteiger partial charge < -0.3 is 49.6 Å². The lowest BCUT2D eigenvalue weighted by Crippen LogP contribution is -2.67. The van der Waals surface area contributed by atoms with E-state index in [1.54, 1.807) is 0 Å². The Labute approximate surface area is 266 Å². The quantitative estimate of drug-likeness (QED) is 0.254. The van der Waals surface area contributed by atoms with Crippen LogP contribution in [0.15, 0.2) is 0 Å². The van der Waals surface area contributed by atoms with Crippen molar-refractivity contribution in [2.75, 3.05) is 6.61 Å². The summed E-state index contributed by atoms with van der Waals surface area (Å²) in [6.07, 6.45) is -1.84. The van der Waals surface area contributed by atoms with Crippen molar-refractivity contribution in [1.82, 2.24) is 0 Å². The number of hydrogen-bond donors (Lipinski definition) is 6. The van der Waals surface area contributed by atoms with Gasteiger partial charge in [0.05, 0.1) is 36.6 Å². The minimum absolute atomic E-state index is 0.116. The van der Waals surface area contributed by atoms with Crippen LogP contribution in [-0.4, -0.2) is 104 Å². The number of fused-ring (bicyclic) bond motifs is 4. The molecule has 3 heterocycles. The van der Waals surface area contributed by atoms with Gasteiger partial charge in [-0.15, -0.1) is 0 Å². The molecule has 8 aliphatic rings. The Morgan fingerprint density at radius 1 is 0.756 bits per heavy atom. The Morgan fingerprint density at radius 2 is 1.42 bits per heavy atom. The molecule has 0 radical (unpaired) electrons. The maximum absolute atomic E-state index is 12.4. The molecular weight excluding hydrogens is 580 g/mol. The van der Waals surface area contributed by atoms with E-state index in [9.17, 15) is 30.6 Å². The van der Waals surface area contributed by atoms with Gasteiger partial charge in [-0.3, -0.25) is 0 Å². The summed E-state index contributed by atoms with van der Waals surface area (Å²) >= 11 is 0. The lowest BCUT2D eigenvalue weighted by molar-refractivity contribution is -0.311. The zero-order valence-electron chi connectivity index (χ0n) is 28.0. The van der Waals surface area contributed by atoms with Crippen molar-refractivity contribution in [3.8, 4) is 0 Å². The fraction of sp³-hybridized carbons (Fsp3) is 1.00. The lowest BCUT2D eigenvalue weighted by Gasteiger charge is -2.65. The molecule has 3 aliphatic heterocycles. The van der Waals surface area contributed by atoms with E-state index in [0.29, 0.717) is 18.8 Å². The molecule has 0 aromatic carbocycles. The molecule has 6 N–H and O–H groups in total. The van der Waals surface area contributed by atoms with Crippen LogP contribution in [0.2, 0.25) is 0 Å². The molecular formula is C35H56O10. The van der Waals surface area contributed by atoms with Crippen LogP contribution in [0.25, 0.3) is 0 Å². The van der Waals surface area contributed by atoms with Crippen molar-refractivity contribution in [2.45, 2.75) is 160 Å². The molecule has 5 aliphatic carbocycles. The first-order chi connectivity index (χ1) is 20.8. The zero-order chi connectivity index (χ0) is 32.5. The average molecular weight is 637 g/mol. The van der Waals surface area contributed by atoms with Crippen molar-refractivity contribution in [3.05, 3.63) is 0 Å². The van der Waals surface area contributed by atoms with Gasteiger partial charge in [-0.05, 0) is 91.3 Å². The van der Waals surface area contributed by atoms with Crippen molar-refractivity contribution in [2.24, 2.45) is 50.7 Å². The van der Waals surface area contributed by atoms with Crippen LogP contribution in [-0.2, 0) is 18.9 Å². The van der Waals surface area contributed by atoms with Crippen LogP contribution >= 0.6 is 0 Å². The summed E-state index contributed by atoms with van der Waals surface area (Å²) in [5.41, 5.74) is -2.36. The third-order valence-electron chi connectivity index (χ3n) is 15.7. The Balaban J connectivity index is 1.12. The van der Waals surface area contributed by atoms with Gasteiger partial charge in [-0.1, -0.05) is 34.6 Å². The molecule has 8 fully saturated rings. The van der Waals surface area contributed by atoms with Crippen LogP contribution < -0.4 is 0 Å². The number of aliphatic hydroxyl groups is 6. The number of hydrogen-bond acceptors (Lipinski definition) is 10. The monoisotopic (exact) mass is 636 g/mol. The second-order valence-corrected chi connectivity index (χ2v) is 18.5. The Kier molecular flexibility index (Phi) is 6.53. The molecule has 18 atom stereocenters. The summed E-state index contributed by atoms with van der Waals surface area (Å²) in [6.45, 7) is 14.7. The van der Waals surface area contributed by atoms with Gasteiger partial charge in [0.15, 0.2) is 12.1 Å². The molecule has 8 rings (SSSR count). The lowest BCUT2D eigenvalue weighted by atomic mass is 9.40. The second-order valence-electron chi connectivity index (χ2n) is 18.5. The molecule has 0 aromatic rings. The van der Waals surface area contributed by atoms with Gasteiger partial charge in [0.1, 0.15) is 24.4 Å². The summed E-state index contributed by atoms with van der Waals surface area (Å²) in [5, 5.41) is 66.5. The van der Waals surface area contributed by atoms with Gasteiger partial charge in [0.25, 0.3) is 0 Å². The van der Waals surface area contributed by atoms with Crippen molar-refractivity contribution in [1.29, 1.82) is 0 Å². The van der Waals surface area contributed by atoms with Crippen LogP contribution in [0.4, 0.5) is 0 Å². The van der Waals surface area contributed by atoms with E-state index in [1.165, 1.54) is 0 Å². The van der Waals surface area contributed by atoms with E-state index in [1.807, 2.05) is 13.8 Å². The van der Waals surface area contributed by atoms with Gasteiger partial charge in [-0.2, -0.15) is 0 Å². The normalized spacial score (nSPS) is 62.7. The molecule has 3 saturated heterocycles. The molecule has 45 heavy (non-hydrogen) atoms. The molecule has 10 nitrogen and oxygen atoms in total. The molecule has 0 aromatic heterocycles. The number of ether oxygens (including phenoxy) is 4. The molecule has 5 saturated carbocycles. The number of rotatable bonds is 3. The smallest absolute Gasteiger partial charge is 0.186 e. The first-order valence-corrected chi connectivity index (χ1v) is 17.6. The molecule has 2 bridgehead atoms. The topological polar surface area (TPSA) is 158 Å². The summed E-state index contributed by atoms with van der Waals surface area (Å²) in [6, 6.07) is 0. The van der Waals surface area contributed by atoms with E-state index < -0.39 is 59.7 Å². The highest BCUT2D eigenvalue weighted by atomic mass is 16.8. The van der Waals surface area contributed by atoms with E-state index in [-0.39, 0.29) is 58.2 Å². The predicted octanol–water partition coefficient (Wildman–Crippen LogP) is 2.09. The summed E-state index contributed by atoms with van der Waals surface area (Å²) < 4.78 is 25.7. The van der Waals surface area contributed by atoms with Crippen LogP contribution in [0, 0.1) is 50.7 Å². The first-order valence-electron chi connectivity index (χ1n) is 17.6. The zero-order valence-corrected chi connectivity index (χ0v) is 28.0. The maximum Gasteiger partial charge on any atom is 0.186 e. The Hall–Kier alpha value is -0.400. The molecule has 10 heteroatoms. The highest BCUT2D eigenvalue weighted by Gasteiger charge is 2.88. The van der Waals surface area contributed by atoms with Crippen molar-refractivity contribution >= 4 is 0 Å². The number of aliphatic hydroxyl groups excluding tert-OH is 5. The van der Waals surface area contributed by atoms with Crippen LogP contribution in [0.3, 0.4) is 0 Å². The van der Waals surface area contributed by atoms with E-state index in [2.05, 4.69) is 34.6 Å². The second kappa shape index (κ2) is 9.23. The Bertz CT molecular complexity index is 1240. The largest absolute Gasteiger partial charge is 0.390 e. The molecule has 3 spiro atoms. The molecule has 3 unspecified atom stereocenters. The minimum atomic E-state index is -1.38. The van der Waals surface area contributed by atoms with Crippen molar-refractivity contribution in [3.63, 3.8) is 0 Å². The fourth-order valence-corrected chi connectivity index (χ4v) is 14.1. The average Bonchev–Trinajstić information content (AvgIpc) is 3.37. The highest BCUT2D eigenvalue weighted by Crippen LogP contribution is 2.90. The van der Waals surface area contributed by atoms with Gasteiger partial charge in [0.2, 0.25) is 0 Å². The third kappa shape index (κ3) is 3.66. The molecule has 0 amide bonds. The summed E-state index contributed by atoms with van der Waals surface area (Å²) in [4.78, 5) is 0. The standard InChI is InChI=1S/C35H56O10/c1-16-12-18-27(30(4,5)41)45-35(44-18)14-32(7)26-22(39)21(38)25-29(2,3)19(43-28-23(40)20(37)17(36)13-42-28)8-9-33(25)15-34(26,33)11-10-31(32,6)24(16)35/h16-28,36-41H,8-15H2,1-7H3/t16-,17-,18-,19+,20+,21?,22?,23-,24-,25+,26+,27+,28+,31-,32+,33-,34+,35?/m1/s1. The predicted molar refractivity (Wildman–Crippen MR) is 160 cm³/mol. The van der Waals surface area contributed by atoms with E-state index >= 15 is 0 Å². The third-order valence-corrected chi connectivity index (χ3v) is 15.7. The van der Waals surface area contributed by atoms with Crippen LogP contribution in [0.1, 0.15) is 93.4 Å². The first kappa shape index (κ1) is 31.8. The van der Waals surface area contributed by atoms with Crippen LogP contribution in [0.5, 0.6) is 0 Å². The molecule has 256 valence electrons. The summed E-state index contributed by atoms with van der Waals surface area (Å²) in [5.74, 6) is -0.684. The van der Waals surface area contributed by atoms with Crippen molar-refractivity contribution < 1.29 is 49.6 Å². The van der Waals surface area contributed by atoms with Gasteiger partial charge in [-0.25, -0.2) is 0 Å². The van der Waals surface area contributed by atoms with E-state index in [4.69, 9.17) is 18.9 Å².